The maximum absolute atomic E-state index is 13.1. The van der Waals surface area contributed by atoms with Crippen LogP contribution in [0.4, 0.5) is 16.2 Å². The van der Waals surface area contributed by atoms with Crippen molar-refractivity contribution < 1.29 is 23.7 Å². The van der Waals surface area contributed by atoms with Crippen LogP contribution in [0.3, 0.4) is 0 Å². The third kappa shape index (κ3) is 3.99. The Hall–Kier alpha value is -4.53. The molecule has 3 aromatic rings. The van der Waals surface area contributed by atoms with Crippen molar-refractivity contribution in [2.45, 2.75) is 27.7 Å². The molecule has 1 fully saturated rings. The Morgan fingerprint density at radius 2 is 1.68 bits per heavy atom. The second kappa shape index (κ2) is 8.43. The van der Waals surface area contributed by atoms with Gasteiger partial charge in [0.15, 0.2) is 0 Å². The number of barbiturate groups is 1. The molecule has 1 aliphatic rings. The first-order valence-electron chi connectivity index (χ1n) is 10.4. The van der Waals surface area contributed by atoms with Gasteiger partial charge in [-0.25, -0.2) is 9.69 Å². The Balaban J connectivity index is 1.70. The highest BCUT2D eigenvalue weighted by Crippen LogP contribution is 2.31. The molecule has 4 rings (SSSR count). The number of hydrogen-bond acceptors (Lipinski definition) is 6. The molecule has 9 nitrogen and oxygen atoms in total. The predicted octanol–water partition coefficient (Wildman–Crippen LogP) is 4.75. The van der Waals surface area contributed by atoms with Gasteiger partial charge in [0.2, 0.25) is 0 Å². The van der Waals surface area contributed by atoms with Gasteiger partial charge in [0.25, 0.3) is 17.5 Å². The van der Waals surface area contributed by atoms with Crippen LogP contribution in [0.5, 0.6) is 0 Å². The molecular formula is C25H21N3O6. The number of benzene rings is 2. The van der Waals surface area contributed by atoms with Gasteiger partial charge >= 0.3 is 6.03 Å². The van der Waals surface area contributed by atoms with Gasteiger partial charge in [-0.3, -0.25) is 25.0 Å². The Kier molecular flexibility index (Phi) is 5.62. The van der Waals surface area contributed by atoms with Gasteiger partial charge in [-0.05, 0) is 80.8 Å². The van der Waals surface area contributed by atoms with Gasteiger partial charge in [-0.1, -0.05) is 6.07 Å². The number of nitrogens with one attached hydrogen (secondary N) is 1. The highest BCUT2D eigenvalue weighted by molar-refractivity contribution is 6.39. The molecule has 2 heterocycles. The fraction of sp³-hybridized carbons (Fsp3) is 0.160. The number of nitro groups is 1. The molecule has 172 valence electrons. The normalized spacial score (nSPS) is 15.1. The fourth-order valence-electron chi connectivity index (χ4n) is 3.66. The number of anilines is 1. The molecule has 34 heavy (non-hydrogen) atoms. The van der Waals surface area contributed by atoms with Crippen LogP contribution in [0.2, 0.25) is 0 Å². The quantitative estimate of drug-likeness (QED) is 0.260. The molecule has 0 spiro atoms. The summed E-state index contributed by atoms with van der Waals surface area (Å²) in [7, 11) is 0. The fourth-order valence-corrected chi connectivity index (χ4v) is 3.66. The van der Waals surface area contributed by atoms with E-state index < -0.39 is 22.8 Å². The van der Waals surface area contributed by atoms with Crippen LogP contribution in [-0.4, -0.2) is 22.8 Å². The Labute approximate surface area is 194 Å². The van der Waals surface area contributed by atoms with Gasteiger partial charge in [0, 0.05) is 17.2 Å². The standard InChI is InChI=1S/C25H21N3O6/c1-13-5-6-18(10-14(13)2)27-24(30)20(23(29)26-25(27)31)12-19-7-8-22(34-19)17-9-15(3)16(4)21(11-17)28(32)33/h5-12H,1-4H3,(H,26,29,31)/b20-12+. The third-order valence-corrected chi connectivity index (χ3v) is 5.88. The van der Waals surface area contributed by atoms with Gasteiger partial charge < -0.3 is 4.42 Å². The first-order chi connectivity index (χ1) is 16.1. The number of aryl methyl sites for hydroxylation is 3. The molecule has 0 bridgehead atoms. The Morgan fingerprint density at radius 1 is 0.941 bits per heavy atom. The Bertz CT molecular complexity index is 1420. The lowest BCUT2D eigenvalue weighted by Gasteiger charge is -2.26. The zero-order valence-corrected chi connectivity index (χ0v) is 19.0. The lowest BCUT2D eigenvalue weighted by molar-refractivity contribution is -0.385. The number of imide groups is 2. The van der Waals surface area contributed by atoms with Gasteiger partial charge in [-0.15, -0.1) is 0 Å². The van der Waals surface area contributed by atoms with E-state index in [1.165, 1.54) is 12.1 Å². The molecular weight excluding hydrogens is 438 g/mol. The minimum atomic E-state index is -0.838. The first-order valence-corrected chi connectivity index (χ1v) is 10.4. The van der Waals surface area contributed by atoms with Crippen LogP contribution in [0, 0.1) is 37.8 Å². The summed E-state index contributed by atoms with van der Waals surface area (Å²) in [6.45, 7) is 7.20. The van der Waals surface area contributed by atoms with E-state index in [1.807, 2.05) is 13.8 Å². The average Bonchev–Trinajstić information content (AvgIpc) is 3.24. The molecule has 1 aliphatic heterocycles. The minimum absolute atomic E-state index is 0.0318. The van der Waals surface area contributed by atoms with E-state index >= 15 is 0 Å². The van der Waals surface area contributed by atoms with Gasteiger partial charge in [0.05, 0.1) is 10.6 Å². The lowest BCUT2D eigenvalue weighted by atomic mass is 10.0. The topological polar surface area (TPSA) is 123 Å². The summed E-state index contributed by atoms with van der Waals surface area (Å²) in [6, 6.07) is 10.6. The van der Waals surface area contributed by atoms with Crippen molar-refractivity contribution in [2.75, 3.05) is 4.90 Å². The van der Waals surface area contributed by atoms with Crippen LogP contribution in [0.15, 0.2) is 52.5 Å². The number of urea groups is 1. The highest BCUT2D eigenvalue weighted by atomic mass is 16.6. The maximum Gasteiger partial charge on any atom is 0.335 e. The molecule has 1 N–H and O–H groups in total. The zero-order valence-electron chi connectivity index (χ0n) is 19.0. The van der Waals surface area contributed by atoms with E-state index in [2.05, 4.69) is 5.32 Å². The summed E-state index contributed by atoms with van der Waals surface area (Å²) >= 11 is 0. The Morgan fingerprint density at radius 3 is 2.35 bits per heavy atom. The van der Waals surface area contributed by atoms with Gasteiger partial charge in [-0.2, -0.15) is 0 Å². The van der Waals surface area contributed by atoms with Crippen LogP contribution in [-0.2, 0) is 9.59 Å². The minimum Gasteiger partial charge on any atom is -0.457 e. The summed E-state index contributed by atoms with van der Waals surface area (Å²) < 4.78 is 5.77. The summed E-state index contributed by atoms with van der Waals surface area (Å²) in [5.74, 6) is -1.10. The van der Waals surface area contributed by atoms with Crippen LogP contribution in [0.1, 0.15) is 28.0 Å². The average molecular weight is 459 g/mol. The molecule has 0 radical (unpaired) electrons. The molecule has 1 aromatic heterocycles. The van der Waals surface area contributed by atoms with E-state index in [4.69, 9.17) is 4.42 Å². The van der Waals surface area contributed by atoms with Crippen molar-refractivity contribution in [3.8, 4) is 11.3 Å². The number of nitro benzene ring substituents is 1. The molecule has 0 unspecified atom stereocenters. The lowest BCUT2D eigenvalue weighted by Crippen LogP contribution is -2.54. The molecule has 4 amide bonds. The number of furan rings is 1. The number of nitrogens with zero attached hydrogens (tertiary/aromatic N) is 2. The number of amides is 4. The van der Waals surface area contributed by atoms with E-state index in [0.717, 1.165) is 21.6 Å². The number of hydrogen-bond donors (Lipinski definition) is 1. The molecule has 2 aromatic carbocycles. The van der Waals surface area contributed by atoms with Crippen molar-refractivity contribution in [2.24, 2.45) is 0 Å². The van der Waals surface area contributed by atoms with Crippen molar-refractivity contribution >= 4 is 35.3 Å². The summed E-state index contributed by atoms with van der Waals surface area (Å²) in [5, 5.41) is 13.5. The number of rotatable bonds is 4. The SMILES string of the molecule is Cc1ccc(N2C(=O)NC(=O)/C(=C\c3ccc(-c4cc(C)c(C)c([N+](=O)[O-])c4)o3)C2=O)cc1C. The zero-order chi connectivity index (χ0) is 24.7. The summed E-state index contributed by atoms with van der Waals surface area (Å²) in [4.78, 5) is 49.7. The molecule has 9 heteroatoms. The van der Waals surface area contributed by atoms with E-state index in [1.54, 1.807) is 50.2 Å². The number of carbonyl (C=O) groups excluding carboxylic acids is 3. The third-order valence-electron chi connectivity index (χ3n) is 5.88. The van der Waals surface area contributed by atoms with Gasteiger partial charge in [0.1, 0.15) is 17.1 Å². The monoisotopic (exact) mass is 459 g/mol. The van der Waals surface area contributed by atoms with E-state index in [0.29, 0.717) is 22.6 Å². The second-order valence-corrected chi connectivity index (χ2v) is 8.12. The molecule has 0 atom stereocenters. The summed E-state index contributed by atoms with van der Waals surface area (Å²) in [5.41, 5.74) is 3.69. The van der Waals surface area contributed by atoms with Crippen molar-refractivity contribution in [1.82, 2.24) is 5.32 Å². The number of carbonyl (C=O) groups is 3. The largest absolute Gasteiger partial charge is 0.457 e. The first kappa shape index (κ1) is 22.7. The molecule has 0 saturated carbocycles. The second-order valence-electron chi connectivity index (χ2n) is 8.12. The maximum atomic E-state index is 13.1. The van der Waals surface area contributed by atoms with Crippen LogP contribution in [0.25, 0.3) is 17.4 Å². The van der Waals surface area contributed by atoms with Crippen molar-refractivity contribution in [3.05, 3.63) is 86.2 Å². The summed E-state index contributed by atoms with van der Waals surface area (Å²) in [6.07, 6.45) is 1.25. The van der Waals surface area contributed by atoms with E-state index in [9.17, 15) is 24.5 Å². The molecule has 1 saturated heterocycles. The van der Waals surface area contributed by atoms with E-state index in [-0.39, 0.29) is 17.0 Å². The van der Waals surface area contributed by atoms with Crippen LogP contribution < -0.4 is 10.2 Å². The highest BCUT2D eigenvalue weighted by Gasteiger charge is 2.37. The smallest absolute Gasteiger partial charge is 0.335 e. The van der Waals surface area contributed by atoms with Crippen molar-refractivity contribution in [1.29, 1.82) is 0 Å². The van der Waals surface area contributed by atoms with Crippen molar-refractivity contribution in [3.63, 3.8) is 0 Å². The molecule has 0 aliphatic carbocycles. The predicted molar refractivity (Wildman–Crippen MR) is 125 cm³/mol. The van der Waals surface area contributed by atoms with Crippen LogP contribution >= 0.6 is 0 Å².